The van der Waals surface area contributed by atoms with Gasteiger partial charge in [0.1, 0.15) is 23.7 Å². The van der Waals surface area contributed by atoms with Crippen molar-refractivity contribution < 1.29 is 4.74 Å². The molecule has 0 aromatic heterocycles. The molecule has 0 bridgehead atoms. The lowest BCUT2D eigenvalue weighted by atomic mass is 10.2. The van der Waals surface area contributed by atoms with Crippen molar-refractivity contribution in [2.75, 3.05) is 5.73 Å². The second-order valence-corrected chi connectivity index (χ2v) is 5.50. The van der Waals surface area contributed by atoms with Gasteiger partial charge >= 0.3 is 0 Å². The van der Waals surface area contributed by atoms with Gasteiger partial charge in [0.2, 0.25) is 0 Å². The summed E-state index contributed by atoms with van der Waals surface area (Å²) < 4.78 is 5.91. The lowest BCUT2D eigenvalue weighted by molar-refractivity contribution is 0.307. The van der Waals surface area contributed by atoms with E-state index in [1.165, 1.54) is 0 Å². The highest BCUT2D eigenvalue weighted by Crippen LogP contribution is 2.32. The number of benzene rings is 3. The van der Waals surface area contributed by atoms with E-state index < -0.39 is 0 Å². The third-order valence-corrected chi connectivity index (χ3v) is 3.55. The predicted octanol–water partition coefficient (Wildman–Crippen LogP) is 5.57. The normalized spacial score (nSPS) is 10.9. The maximum atomic E-state index is 5.91. The number of hydrogen-bond donors (Lipinski definition) is 1. The van der Waals surface area contributed by atoms with E-state index in [1.54, 1.807) is 6.07 Å². The number of rotatable bonds is 5. The number of aryl methyl sites for hydroxylation is 1. The van der Waals surface area contributed by atoms with E-state index in [9.17, 15) is 0 Å². The van der Waals surface area contributed by atoms with E-state index in [1.807, 2.05) is 73.7 Å². The summed E-state index contributed by atoms with van der Waals surface area (Å²) in [6, 6.07) is 23.3. The van der Waals surface area contributed by atoms with E-state index in [-0.39, 0.29) is 0 Å². The van der Waals surface area contributed by atoms with Crippen LogP contribution in [0.15, 0.2) is 83.0 Å². The summed E-state index contributed by atoms with van der Waals surface area (Å²) in [7, 11) is 0. The molecular weight excluding hydrogens is 298 g/mol. The molecule has 0 saturated heterocycles. The first-order valence-electron chi connectivity index (χ1n) is 7.76. The van der Waals surface area contributed by atoms with Gasteiger partial charge in [-0.05, 0) is 42.3 Å². The maximum absolute atomic E-state index is 5.91. The highest BCUT2D eigenvalue weighted by molar-refractivity contribution is 5.62. The lowest BCUT2D eigenvalue weighted by Gasteiger charge is -2.09. The molecule has 0 aliphatic rings. The largest absolute Gasteiger partial charge is 0.487 e. The van der Waals surface area contributed by atoms with Gasteiger partial charge in [-0.3, -0.25) is 0 Å². The fourth-order valence-electron chi connectivity index (χ4n) is 2.25. The van der Waals surface area contributed by atoms with Gasteiger partial charge in [0, 0.05) is 0 Å². The number of para-hydroxylation sites is 1. The molecule has 0 atom stereocenters. The minimum absolute atomic E-state index is 0.486. The molecule has 0 unspecified atom stereocenters. The van der Waals surface area contributed by atoms with Crippen molar-refractivity contribution in [1.82, 2.24) is 0 Å². The standard InChI is InChI=1S/C20H19N3O/c1-15-11-12-20(24-14-16-7-3-2-4-8-16)19(13-15)23-22-18-10-6-5-9-17(18)21/h2-13H,14,21H2,1H3. The molecule has 2 N–H and O–H groups in total. The second-order valence-electron chi connectivity index (χ2n) is 5.50. The summed E-state index contributed by atoms with van der Waals surface area (Å²) in [4.78, 5) is 0. The Morgan fingerprint density at radius 1 is 0.833 bits per heavy atom. The van der Waals surface area contributed by atoms with Gasteiger partial charge in [0.05, 0.1) is 5.69 Å². The van der Waals surface area contributed by atoms with Crippen LogP contribution in [-0.4, -0.2) is 0 Å². The Balaban J connectivity index is 1.82. The number of anilines is 1. The third kappa shape index (κ3) is 3.98. The number of hydrogen-bond acceptors (Lipinski definition) is 4. The van der Waals surface area contributed by atoms with Crippen molar-refractivity contribution in [3.63, 3.8) is 0 Å². The topological polar surface area (TPSA) is 60.0 Å². The zero-order valence-corrected chi connectivity index (χ0v) is 13.5. The molecule has 4 heteroatoms. The summed E-state index contributed by atoms with van der Waals surface area (Å²) in [6.45, 7) is 2.50. The summed E-state index contributed by atoms with van der Waals surface area (Å²) >= 11 is 0. The van der Waals surface area contributed by atoms with Crippen LogP contribution in [-0.2, 0) is 6.61 Å². The van der Waals surface area contributed by atoms with E-state index in [2.05, 4.69) is 10.2 Å². The molecule has 120 valence electrons. The van der Waals surface area contributed by atoms with Crippen LogP contribution < -0.4 is 10.5 Å². The first-order chi connectivity index (χ1) is 11.7. The first-order valence-corrected chi connectivity index (χ1v) is 7.76. The highest BCUT2D eigenvalue weighted by atomic mass is 16.5. The number of azo groups is 1. The van der Waals surface area contributed by atoms with Crippen LogP contribution in [0.4, 0.5) is 17.1 Å². The molecule has 3 aromatic rings. The van der Waals surface area contributed by atoms with Crippen molar-refractivity contribution in [3.05, 3.63) is 83.9 Å². The van der Waals surface area contributed by atoms with E-state index >= 15 is 0 Å². The monoisotopic (exact) mass is 317 g/mol. The Kier molecular flexibility index (Phi) is 4.87. The predicted molar refractivity (Wildman–Crippen MR) is 97.0 cm³/mol. The van der Waals surface area contributed by atoms with Gasteiger partial charge < -0.3 is 10.5 Å². The smallest absolute Gasteiger partial charge is 0.147 e. The zero-order chi connectivity index (χ0) is 16.8. The summed E-state index contributed by atoms with van der Waals surface area (Å²) in [5.74, 6) is 0.697. The van der Waals surface area contributed by atoms with Gasteiger partial charge in [0.15, 0.2) is 0 Å². The lowest BCUT2D eigenvalue weighted by Crippen LogP contribution is -1.95. The molecule has 24 heavy (non-hydrogen) atoms. The van der Waals surface area contributed by atoms with E-state index in [0.717, 1.165) is 11.1 Å². The van der Waals surface area contributed by atoms with Crippen LogP contribution in [0.3, 0.4) is 0 Å². The average molecular weight is 317 g/mol. The van der Waals surface area contributed by atoms with Crippen LogP contribution in [0.1, 0.15) is 11.1 Å². The Hall–Kier alpha value is -3.14. The third-order valence-electron chi connectivity index (χ3n) is 3.55. The SMILES string of the molecule is Cc1ccc(OCc2ccccc2)c(N=Nc2ccccc2N)c1. The molecule has 0 aliphatic carbocycles. The molecule has 0 aliphatic heterocycles. The molecule has 0 radical (unpaired) electrons. The average Bonchev–Trinajstić information content (AvgIpc) is 2.61. The Morgan fingerprint density at radius 3 is 2.33 bits per heavy atom. The van der Waals surface area contributed by atoms with Crippen molar-refractivity contribution in [3.8, 4) is 5.75 Å². The Bertz CT molecular complexity index is 845. The summed E-state index contributed by atoms with van der Waals surface area (Å²) in [5.41, 5.74) is 10.0. The molecule has 3 rings (SSSR count). The van der Waals surface area contributed by atoms with Crippen molar-refractivity contribution in [1.29, 1.82) is 0 Å². The fourth-order valence-corrected chi connectivity index (χ4v) is 2.25. The van der Waals surface area contributed by atoms with Crippen LogP contribution in [0.25, 0.3) is 0 Å². The molecule has 4 nitrogen and oxygen atoms in total. The van der Waals surface area contributed by atoms with Gasteiger partial charge in [-0.1, -0.05) is 48.5 Å². The number of ether oxygens (including phenoxy) is 1. The number of nitrogens with two attached hydrogens (primary N) is 1. The van der Waals surface area contributed by atoms with Crippen LogP contribution in [0.2, 0.25) is 0 Å². The maximum Gasteiger partial charge on any atom is 0.147 e. The molecule has 0 heterocycles. The Labute approximate surface area is 141 Å². The van der Waals surface area contributed by atoms with Crippen molar-refractivity contribution >= 4 is 17.1 Å². The molecular formula is C20H19N3O. The van der Waals surface area contributed by atoms with Crippen LogP contribution in [0, 0.1) is 6.92 Å². The van der Waals surface area contributed by atoms with Crippen molar-refractivity contribution in [2.45, 2.75) is 13.5 Å². The van der Waals surface area contributed by atoms with Gasteiger partial charge in [-0.25, -0.2) is 0 Å². The second kappa shape index (κ2) is 7.42. The van der Waals surface area contributed by atoms with Gasteiger partial charge in [0.25, 0.3) is 0 Å². The molecule has 0 spiro atoms. The van der Waals surface area contributed by atoms with Crippen molar-refractivity contribution in [2.24, 2.45) is 10.2 Å². The minimum Gasteiger partial charge on any atom is -0.487 e. The molecule has 0 amide bonds. The van der Waals surface area contributed by atoms with Gasteiger partial charge in [-0.15, -0.1) is 10.2 Å². The number of nitrogen functional groups attached to an aromatic ring is 1. The van der Waals surface area contributed by atoms with Gasteiger partial charge in [-0.2, -0.15) is 0 Å². The first kappa shape index (κ1) is 15.7. The van der Waals surface area contributed by atoms with Crippen LogP contribution >= 0.6 is 0 Å². The van der Waals surface area contributed by atoms with E-state index in [4.69, 9.17) is 10.5 Å². The fraction of sp³-hybridized carbons (Fsp3) is 0.100. The Morgan fingerprint density at radius 2 is 1.54 bits per heavy atom. The van der Waals surface area contributed by atoms with E-state index in [0.29, 0.717) is 29.4 Å². The highest BCUT2D eigenvalue weighted by Gasteiger charge is 2.05. The molecule has 3 aromatic carbocycles. The minimum atomic E-state index is 0.486. The quantitative estimate of drug-likeness (QED) is 0.494. The number of nitrogens with zero attached hydrogens (tertiary/aromatic N) is 2. The molecule has 0 fully saturated rings. The zero-order valence-electron chi connectivity index (χ0n) is 13.5. The summed E-state index contributed by atoms with van der Waals surface area (Å²) in [5, 5.41) is 8.58. The summed E-state index contributed by atoms with van der Waals surface area (Å²) in [6.07, 6.45) is 0. The van der Waals surface area contributed by atoms with Crippen LogP contribution in [0.5, 0.6) is 5.75 Å². The molecule has 0 saturated carbocycles.